The van der Waals surface area contributed by atoms with Gasteiger partial charge >= 0.3 is 0 Å². The second-order valence-electron chi connectivity index (χ2n) is 5.46. The Morgan fingerprint density at radius 1 is 1.18 bits per heavy atom. The molecule has 0 aromatic heterocycles. The Morgan fingerprint density at radius 2 is 2.00 bits per heavy atom. The lowest BCUT2D eigenvalue weighted by Crippen LogP contribution is -2.30. The van der Waals surface area contributed by atoms with Crippen LogP contribution in [0.4, 0.5) is 4.39 Å². The summed E-state index contributed by atoms with van der Waals surface area (Å²) < 4.78 is 18.9. The molecule has 3 rings (SSSR count). The highest BCUT2D eigenvalue weighted by Gasteiger charge is 2.26. The van der Waals surface area contributed by atoms with Crippen molar-refractivity contribution in [2.45, 2.75) is 25.5 Å². The number of hydrogen-bond acceptors (Lipinski definition) is 3. The van der Waals surface area contributed by atoms with Crippen LogP contribution in [0.25, 0.3) is 0 Å². The van der Waals surface area contributed by atoms with E-state index in [1.165, 1.54) is 23.8 Å². The van der Waals surface area contributed by atoms with Gasteiger partial charge in [0.2, 0.25) is 0 Å². The Balaban J connectivity index is 1.50. The van der Waals surface area contributed by atoms with Crippen LogP contribution in [0.1, 0.15) is 28.8 Å². The Bertz CT molecular complexity index is 657. The standard InChI is InChI=1S/C18H18FNO2/c19-14-6-7-18-16(10-14)17(21)11-15(22-18)8-9-20-12-13-4-2-1-3-5-13/h1-7,10,15,20H,8-9,11-12H2. The fourth-order valence-electron chi connectivity index (χ4n) is 2.61. The number of ketones is 1. The number of nitrogens with one attached hydrogen (secondary N) is 1. The van der Waals surface area contributed by atoms with Gasteiger partial charge in [-0.05, 0) is 36.7 Å². The fourth-order valence-corrected chi connectivity index (χ4v) is 2.61. The highest BCUT2D eigenvalue weighted by Crippen LogP contribution is 2.29. The number of Topliss-reactive ketones (excluding diaryl/α,β-unsaturated/α-hetero) is 1. The fraction of sp³-hybridized carbons (Fsp3) is 0.278. The number of benzene rings is 2. The van der Waals surface area contributed by atoms with E-state index in [1.54, 1.807) is 0 Å². The van der Waals surface area contributed by atoms with Gasteiger partial charge in [0.15, 0.2) is 5.78 Å². The molecule has 2 aromatic rings. The first-order valence-corrected chi connectivity index (χ1v) is 7.46. The average molecular weight is 299 g/mol. The monoisotopic (exact) mass is 299 g/mol. The molecule has 22 heavy (non-hydrogen) atoms. The van der Waals surface area contributed by atoms with Crippen LogP contribution in [0.5, 0.6) is 5.75 Å². The molecule has 2 aromatic carbocycles. The van der Waals surface area contributed by atoms with Crippen molar-refractivity contribution >= 4 is 5.78 Å². The van der Waals surface area contributed by atoms with Crippen LogP contribution < -0.4 is 10.1 Å². The Morgan fingerprint density at radius 3 is 2.82 bits per heavy atom. The number of hydrogen-bond donors (Lipinski definition) is 1. The lowest BCUT2D eigenvalue weighted by molar-refractivity contribution is 0.0838. The molecule has 3 nitrogen and oxygen atoms in total. The zero-order valence-corrected chi connectivity index (χ0v) is 12.2. The first kappa shape index (κ1) is 14.7. The second-order valence-corrected chi connectivity index (χ2v) is 5.46. The largest absolute Gasteiger partial charge is 0.489 e. The lowest BCUT2D eigenvalue weighted by atomic mass is 9.99. The van der Waals surface area contributed by atoms with Gasteiger partial charge in [-0.25, -0.2) is 4.39 Å². The van der Waals surface area contributed by atoms with E-state index in [-0.39, 0.29) is 11.9 Å². The van der Waals surface area contributed by atoms with Crippen molar-refractivity contribution in [1.29, 1.82) is 0 Å². The third-order valence-corrected chi connectivity index (χ3v) is 3.76. The van der Waals surface area contributed by atoms with Gasteiger partial charge in [0, 0.05) is 13.0 Å². The first-order chi connectivity index (χ1) is 10.7. The third kappa shape index (κ3) is 3.52. The molecule has 0 saturated carbocycles. The second kappa shape index (κ2) is 6.71. The molecular weight excluding hydrogens is 281 g/mol. The average Bonchev–Trinajstić information content (AvgIpc) is 2.53. The molecular formula is C18H18FNO2. The maximum Gasteiger partial charge on any atom is 0.170 e. The van der Waals surface area contributed by atoms with Crippen LogP contribution in [-0.2, 0) is 6.54 Å². The zero-order chi connectivity index (χ0) is 15.4. The maximum absolute atomic E-state index is 13.2. The molecule has 1 aliphatic heterocycles. The van der Waals surface area contributed by atoms with Crippen molar-refractivity contribution in [2.24, 2.45) is 0 Å². The molecule has 1 atom stereocenters. The summed E-state index contributed by atoms with van der Waals surface area (Å²) in [6.07, 6.45) is 0.910. The van der Waals surface area contributed by atoms with Crippen LogP contribution in [-0.4, -0.2) is 18.4 Å². The summed E-state index contributed by atoms with van der Waals surface area (Å²) in [6, 6.07) is 14.3. The Hall–Kier alpha value is -2.20. The summed E-state index contributed by atoms with van der Waals surface area (Å²) in [5, 5.41) is 3.35. The summed E-state index contributed by atoms with van der Waals surface area (Å²) in [6.45, 7) is 1.56. The highest BCUT2D eigenvalue weighted by atomic mass is 19.1. The molecule has 0 saturated heterocycles. The summed E-state index contributed by atoms with van der Waals surface area (Å²) in [7, 11) is 0. The van der Waals surface area contributed by atoms with Crippen LogP contribution >= 0.6 is 0 Å². The smallest absolute Gasteiger partial charge is 0.170 e. The van der Waals surface area contributed by atoms with Crippen molar-refractivity contribution < 1.29 is 13.9 Å². The van der Waals surface area contributed by atoms with E-state index >= 15 is 0 Å². The molecule has 0 bridgehead atoms. The molecule has 4 heteroatoms. The van der Waals surface area contributed by atoms with Gasteiger partial charge in [-0.15, -0.1) is 0 Å². The predicted octanol–water partition coefficient (Wildman–Crippen LogP) is 3.34. The van der Waals surface area contributed by atoms with Gasteiger partial charge < -0.3 is 10.1 Å². The van der Waals surface area contributed by atoms with Gasteiger partial charge in [-0.3, -0.25) is 4.79 Å². The van der Waals surface area contributed by atoms with E-state index in [0.29, 0.717) is 17.7 Å². The molecule has 1 N–H and O–H groups in total. The van der Waals surface area contributed by atoms with Crippen LogP contribution in [0, 0.1) is 5.82 Å². The molecule has 0 spiro atoms. The first-order valence-electron chi connectivity index (χ1n) is 7.46. The normalized spacial score (nSPS) is 17.0. The maximum atomic E-state index is 13.2. The topological polar surface area (TPSA) is 38.3 Å². The number of carbonyl (C=O) groups is 1. The van der Waals surface area contributed by atoms with Crippen molar-refractivity contribution in [3.05, 3.63) is 65.5 Å². The number of fused-ring (bicyclic) bond motifs is 1. The van der Waals surface area contributed by atoms with Crippen molar-refractivity contribution in [1.82, 2.24) is 5.32 Å². The lowest BCUT2D eigenvalue weighted by Gasteiger charge is -2.25. The minimum atomic E-state index is -0.404. The van der Waals surface area contributed by atoms with E-state index in [4.69, 9.17) is 4.74 Å². The summed E-state index contributed by atoms with van der Waals surface area (Å²) in [5.74, 6) is 0.0400. The Labute approximate surface area is 129 Å². The molecule has 1 unspecified atom stereocenters. The SMILES string of the molecule is O=C1CC(CCNCc2ccccc2)Oc2ccc(F)cc21. The number of carbonyl (C=O) groups excluding carboxylic acids is 1. The highest BCUT2D eigenvalue weighted by molar-refractivity contribution is 5.99. The van der Waals surface area contributed by atoms with Gasteiger partial charge in [0.1, 0.15) is 17.7 Å². The van der Waals surface area contributed by atoms with E-state index in [2.05, 4.69) is 17.4 Å². The van der Waals surface area contributed by atoms with Crippen LogP contribution in [0.15, 0.2) is 48.5 Å². The minimum absolute atomic E-state index is 0.0474. The van der Waals surface area contributed by atoms with E-state index < -0.39 is 5.82 Å². The van der Waals surface area contributed by atoms with Gasteiger partial charge in [-0.1, -0.05) is 30.3 Å². The summed E-state index contributed by atoms with van der Waals surface area (Å²) in [4.78, 5) is 12.0. The molecule has 0 aliphatic carbocycles. The molecule has 1 heterocycles. The minimum Gasteiger partial charge on any atom is -0.489 e. The summed E-state index contributed by atoms with van der Waals surface area (Å²) in [5.41, 5.74) is 1.58. The zero-order valence-electron chi connectivity index (χ0n) is 12.2. The quantitative estimate of drug-likeness (QED) is 0.861. The van der Waals surface area contributed by atoms with Crippen molar-refractivity contribution in [2.75, 3.05) is 6.54 Å². The number of halogens is 1. The molecule has 114 valence electrons. The summed E-state index contributed by atoms with van der Waals surface area (Å²) >= 11 is 0. The number of ether oxygens (including phenoxy) is 1. The van der Waals surface area contributed by atoms with E-state index in [0.717, 1.165) is 19.5 Å². The van der Waals surface area contributed by atoms with Crippen molar-refractivity contribution in [3.63, 3.8) is 0 Å². The van der Waals surface area contributed by atoms with E-state index in [1.807, 2.05) is 18.2 Å². The van der Waals surface area contributed by atoms with Gasteiger partial charge in [0.25, 0.3) is 0 Å². The molecule has 0 amide bonds. The molecule has 1 aliphatic rings. The predicted molar refractivity (Wildman–Crippen MR) is 82.5 cm³/mol. The van der Waals surface area contributed by atoms with Gasteiger partial charge in [0.05, 0.1) is 5.56 Å². The molecule has 0 fully saturated rings. The Kier molecular flexibility index (Phi) is 4.49. The van der Waals surface area contributed by atoms with Crippen LogP contribution in [0.3, 0.4) is 0 Å². The number of rotatable bonds is 5. The van der Waals surface area contributed by atoms with Gasteiger partial charge in [-0.2, -0.15) is 0 Å². The van der Waals surface area contributed by atoms with E-state index in [9.17, 15) is 9.18 Å². The van der Waals surface area contributed by atoms with Crippen molar-refractivity contribution in [3.8, 4) is 5.75 Å². The van der Waals surface area contributed by atoms with Crippen LogP contribution in [0.2, 0.25) is 0 Å². The molecule has 0 radical (unpaired) electrons. The third-order valence-electron chi connectivity index (χ3n) is 3.76.